The summed E-state index contributed by atoms with van der Waals surface area (Å²) in [5.74, 6) is -0.558. The van der Waals surface area contributed by atoms with Gasteiger partial charge in [0, 0.05) is 39.4 Å². The number of esters is 1. The normalized spacial score (nSPS) is 11.7. The number of hydrogen-bond donors (Lipinski definition) is 5. The molecule has 0 heterocycles. The van der Waals surface area contributed by atoms with Crippen molar-refractivity contribution in [2.45, 2.75) is 131 Å². The molecule has 0 spiro atoms. The second kappa shape index (κ2) is 42.8. The van der Waals surface area contributed by atoms with Gasteiger partial charge in [-0.1, -0.05) is 44.9 Å². The van der Waals surface area contributed by atoms with E-state index in [1.807, 2.05) is 59.9 Å². The molecule has 0 aliphatic heterocycles. The van der Waals surface area contributed by atoms with Crippen LogP contribution in [0, 0.1) is 0 Å². The van der Waals surface area contributed by atoms with Gasteiger partial charge >= 0.3 is 5.97 Å². The predicted octanol–water partition coefficient (Wildman–Crippen LogP) is 4.27. The Bertz CT molecular complexity index is 1030. The van der Waals surface area contributed by atoms with E-state index in [-0.39, 0.29) is 42.3 Å². The molecule has 0 saturated carbocycles. The molecule has 0 aliphatic carbocycles. The number of carbonyl (C=O) groups excluding carboxylic acids is 5. The van der Waals surface area contributed by atoms with Crippen molar-refractivity contribution in [1.82, 2.24) is 21.3 Å². The van der Waals surface area contributed by atoms with Crippen LogP contribution < -0.4 is 27.0 Å². The molecule has 15 nitrogen and oxygen atoms in total. The standard InChI is InChI=1S/C26H53N5O6.C9H14O2.C6H12O2/c1-3-4-5-11-24(32)29-14-8-9-15-30-26(34)23(10-6-7-13-27)31-25(33)12-17-35-19-21-37-22-20-36-18-16-28-2;1-3-5-9(6-4-2)7-11-8-10;1-5(7)8-6(2,3)4/h23,28H,3-22,27H2,1-2H3,(H,29,32)(H,30,34)(H,31,33);3,5-6,8H,4,7H2,1-2H3;1-4H3/b;5-3-,9-6+;. The smallest absolute Gasteiger partial charge is 0.303 e. The minimum absolute atomic E-state index is 0.0852. The molecule has 0 aliphatic rings. The molecule has 6 N–H and O–H groups in total. The lowest BCUT2D eigenvalue weighted by Crippen LogP contribution is -2.47. The topological polar surface area (TPSA) is 206 Å². The number of rotatable bonds is 32. The fourth-order valence-corrected chi connectivity index (χ4v) is 4.56. The Hall–Kier alpha value is -3.37. The van der Waals surface area contributed by atoms with Gasteiger partial charge in [0.25, 0.3) is 6.47 Å². The van der Waals surface area contributed by atoms with Crippen LogP contribution >= 0.6 is 0 Å². The van der Waals surface area contributed by atoms with Crippen LogP contribution in [-0.2, 0) is 47.7 Å². The van der Waals surface area contributed by atoms with Crippen molar-refractivity contribution in [2.75, 3.05) is 79.5 Å². The Morgan fingerprint density at radius 2 is 1.39 bits per heavy atom. The highest BCUT2D eigenvalue weighted by Gasteiger charge is 2.20. The van der Waals surface area contributed by atoms with Gasteiger partial charge in [0.05, 0.1) is 39.6 Å². The van der Waals surface area contributed by atoms with Crippen molar-refractivity contribution in [2.24, 2.45) is 5.73 Å². The quantitative estimate of drug-likeness (QED) is 0.0280. The first kappa shape index (κ1) is 57.0. The zero-order valence-electron chi connectivity index (χ0n) is 36.1. The van der Waals surface area contributed by atoms with Crippen molar-refractivity contribution in [3.8, 4) is 0 Å². The summed E-state index contributed by atoms with van der Waals surface area (Å²) < 4.78 is 25.6. The van der Waals surface area contributed by atoms with Gasteiger partial charge in [0.2, 0.25) is 17.7 Å². The van der Waals surface area contributed by atoms with Gasteiger partial charge in [-0.05, 0) is 91.8 Å². The Morgan fingerprint density at radius 1 is 0.768 bits per heavy atom. The molecule has 1 unspecified atom stereocenters. The maximum absolute atomic E-state index is 12.6. The van der Waals surface area contributed by atoms with Crippen LogP contribution in [0.2, 0.25) is 0 Å². The summed E-state index contributed by atoms with van der Waals surface area (Å²) in [6.07, 6.45) is 14.3. The van der Waals surface area contributed by atoms with Gasteiger partial charge in [-0.15, -0.1) is 0 Å². The molecule has 0 fully saturated rings. The van der Waals surface area contributed by atoms with E-state index in [4.69, 9.17) is 24.7 Å². The Balaban J connectivity index is -0.00000120. The third-order valence-electron chi connectivity index (χ3n) is 7.16. The summed E-state index contributed by atoms with van der Waals surface area (Å²) in [6.45, 7) is 19.1. The summed E-state index contributed by atoms with van der Waals surface area (Å²) in [4.78, 5) is 56.8. The molecule has 0 saturated heterocycles. The zero-order valence-corrected chi connectivity index (χ0v) is 36.1. The Morgan fingerprint density at radius 3 is 1.91 bits per heavy atom. The van der Waals surface area contributed by atoms with E-state index in [0.717, 1.165) is 63.5 Å². The average molecular weight is 802 g/mol. The summed E-state index contributed by atoms with van der Waals surface area (Å²) in [5.41, 5.74) is 6.29. The fraction of sp³-hybridized carbons (Fsp3) is 0.780. The van der Waals surface area contributed by atoms with Gasteiger partial charge in [0.15, 0.2) is 0 Å². The van der Waals surface area contributed by atoms with Crippen molar-refractivity contribution >= 4 is 30.2 Å². The Labute approximate surface area is 338 Å². The first-order valence-electron chi connectivity index (χ1n) is 20.3. The number of allylic oxidation sites excluding steroid dienone is 2. The summed E-state index contributed by atoms with van der Waals surface area (Å²) in [7, 11) is 1.87. The first-order valence-corrected chi connectivity index (χ1v) is 20.3. The van der Waals surface area contributed by atoms with Crippen molar-refractivity contribution in [3.63, 3.8) is 0 Å². The summed E-state index contributed by atoms with van der Waals surface area (Å²) in [6, 6.07) is -0.594. The Kier molecular flexibility index (Phi) is 43.5. The zero-order chi connectivity index (χ0) is 42.7. The number of unbranched alkanes of at least 4 members (excludes halogenated alkanes) is 4. The van der Waals surface area contributed by atoms with Gasteiger partial charge in [0.1, 0.15) is 18.2 Å². The molecule has 0 aromatic carbocycles. The molecular formula is C41H79N5O10. The molecule has 0 rings (SSSR count). The average Bonchev–Trinajstić information content (AvgIpc) is 3.13. The second-order valence-electron chi connectivity index (χ2n) is 13.7. The van der Waals surface area contributed by atoms with Gasteiger partial charge in [-0.2, -0.15) is 0 Å². The van der Waals surface area contributed by atoms with E-state index in [9.17, 15) is 24.0 Å². The van der Waals surface area contributed by atoms with Crippen molar-refractivity contribution in [1.29, 1.82) is 0 Å². The highest BCUT2D eigenvalue weighted by Crippen LogP contribution is 2.06. The first-order chi connectivity index (χ1) is 26.8. The number of nitrogens with one attached hydrogen (secondary N) is 4. The van der Waals surface area contributed by atoms with Gasteiger partial charge < -0.3 is 50.7 Å². The number of likely N-dealkylation sites (N-methyl/N-ethyl adjacent to an activating group) is 1. The molecule has 56 heavy (non-hydrogen) atoms. The van der Waals surface area contributed by atoms with E-state index in [1.165, 1.54) is 6.92 Å². The SMILES string of the molecule is C/C=C\C(=C/CC)COC=O.CC(=O)OC(C)(C)C.CCCCCC(=O)NCCCCNC(=O)C(CCCCN)NC(=O)CCOCCOCCOCCNC. The largest absolute Gasteiger partial charge is 0.463 e. The molecule has 0 aromatic heterocycles. The van der Waals surface area contributed by atoms with E-state index in [0.29, 0.717) is 78.6 Å². The second-order valence-corrected chi connectivity index (χ2v) is 13.7. The summed E-state index contributed by atoms with van der Waals surface area (Å²) >= 11 is 0. The molecule has 3 amide bonds. The molecule has 0 bridgehead atoms. The lowest BCUT2D eigenvalue weighted by Gasteiger charge is -2.18. The van der Waals surface area contributed by atoms with Crippen LogP contribution in [0.4, 0.5) is 0 Å². The van der Waals surface area contributed by atoms with Gasteiger partial charge in [-0.25, -0.2) is 0 Å². The van der Waals surface area contributed by atoms with Crippen LogP contribution in [0.3, 0.4) is 0 Å². The number of amides is 3. The van der Waals surface area contributed by atoms with E-state index in [2.05, 4.69) is 32.9 Å². The number of ether oxygens (including phenoxy) is 5. The van der Waals surface area contributed by atoms with Crippen molar-refractivity contribution < 1.29 is 47.7 Å². The number of hydrogen-bond acceptors (Lipinski definition) is 12. The minimum Gasteiger partial charge on any atom is -0.463 e. The van der Waals surface area contributed by atoms with Crippen LogP contribution in [-0.4, -0.2) is 121 Å². The lowest BCUT2D eigenvalue weighted by molar-refractivity contribution is -0.152. The van der Waals surface area contributed by atoms with E-state index >= 15 is 0 Å². The lowest BCUT2D eigenvalue weighted by atomic mass is 10.1. The van der Waals surface area contributed by atoms with Crippen molar-refractivity contribution in [3.05, 3.63) is 23.8 Å². The van der Waals surface area contributed by atoms with Crippen LogP contribution in [0.25, 0.3) is 0 Å². The minimum atomic E-state index is -0.594. The number of carbonyl (C=O) groups is 5. The molecule has 1 atom stereocenters. The van der Waals surface area contributed by atoms with Gasteiger partial charge in [-0.3, -0.25) is 24.0 Å². The maximum atomic E-state index is 12.6. The van der Waals surface area contributed by atoms with Crippen LogP contribution in [0.15, 0.2) is 23.8 Å². The molecule has 15 heteroatoms. The van der Waals surface area contributed by atoms with Crippen LogP contribution in [0.1, 0.15) is 119 Å². The monoisotopic (exact) mass is 802 g/mol. The van der Waals surface area contributed by atoms with Crippen LogP contribution in [0.5, 0.6) is 0 Å². The maximum Gasteiger partial charge on any atom is 0.303 e. The molecule has 0 radical (unpaired) electrons. The predicted molar refractivity (Wildman–Crippen MR) is 222 cm³/mol. The molecule has 328 valence electrons. The highest BCUT2D eigenvalue weighted by atomic mass is 16.6. The fourth-order valence-electron chi connectivity index (χ4n) is 4.56. The third kappa shape index (κ3) is 46.8. The van der Waals surface area contributed by atoms with E-state index in [1.54, 1.807) is 0 Å². The van der Waals surface area contributed by atoms with E-state index < -0.39 is 6.04 Å². The highest BCUT2D eigenvalue weighted by molar-refractivity contribution is 5.87. The molecular weight excluding hydrogens is 722 g/mol. The third-order valence-corrected chi connectivity index (χ3v) is 7.16. The number of nitrogens with two attached hydrogens (primary N) is 1. The summed E-state index contributed by atoms with van der Waals surface area (Å²) in [5, 5.41) is 11.6. The molecule has 0 aromatic rings.